The lowest BCUT2D eigenvalue weighted by Gasteiger charge is -2.22. The molecular formula is C29H32N4O4S. The molecular weight excluding hydrogens is 500 g/mol. The molecule has 0 fully saturated rings. The summed E-state index contributed by atoms with van der Waals surface area (Å²) in [4.78, 5) is 23.2. The molecule has 0 aliphatic carbocycles. The molecule has 0 spiro atoms. The van der Waals surface area contributed by atoms with Gasteiger partial charge in [-0.1, -0.05) is 12.1 Å². The maximum absolute atomic E-state index is 13.6. The highest BCUT2D eigenvalue weighted by Crippen LogP contribution is 2.31. The molecule has 4 aromatic rings. The highest BCUT2D eigenvalue weighted by Gasteiger charge is 2.26. The van der Waals surface area contributed by atoms with Crippen LogP contribution in [0.4, 0.5) is 0 Å². The van der Waals surface area contributed by atoms with Gasteiger partial charge < -0.3 is 14.6 Å². The third-order valence-corrected chi connectivity index (χ3v) is 8.20. The number of ether oxygens (including phenoxy) is 1. The number of aromatic nitrogens is 2. The lowest BCUT2D eigenvalue weighted by molar-refractivity contribution is 0.0732. The van der Waals surface area contributed by atoms with Crippen LogP contribution in [0.15, 0.2) is 59.5 Å². The van der Waals surface area contributed by atoms with E-state index in [1.54, 1.807) is 44.7 Å². The molecule has 38 heavy (non-hydrogen) atoms. The van der Waals surface area contributed by atoms with E-state index in [4.69, 9.17) is 4.74 Å². The first kappa shape index (κ1) is 25.9. The van der Waals surface area contributed by atoms with Crippen LogP contribution in [-0.2, 0) is 16.6 Å². The number of benzene rings is 3. The number of H-pyrrole nitrogens is 1. The molecule has 0 bridgehead atoms. The average molecular weight is 533 g/mol. The van der Waals surface area contributed by atoms with Crippen molar-refractivity contribution in [3.8, 4) is 16.9 Å². The maximum Gasteiger partial charge on any atom is 0.254 e. The Hall–Kier alpha value is -3.69. The van der Waals surface area contributed by atoms with Crippen LogP contribution in [0.2, 0.25) is 0 Å². The van der Waals surface area contributed by atoms with Crippen LogP contribution in [0, 0.1) is 13.8 Å². The van der Waals surface area contributed by atoms with Gasteiger partial charge in [-0.3, -0.25) is 4.79 Å². The molecule has 0 saturated carbocycles. The van der Waals surface area contributed by atoms with Gasteiger partial charge in [0.05, 0.1) is 22.5 Å². The number of carbonyl (C=O) groups is 1. The molecule has 8 nitrogen and oxygen atoms in total. The molecule has 0 radical (unpaired) electrons. The zero-order valence-electron chi connectivity index (χ0n) is 22.3. The largest absolute Gasteiger partial charge is 0.491 e. The minimum absolute atomic E-state index is 0.139. The van der Waals surface area contributed by atoms with Crippen LogP contribution in [0.1, 0.15) is 48.1 Å². The number of hydrogen-bond donors (Lipinski definition) is 2. The van der Waals surface area contributed by atoms with Crippen molar-refractivity contribution in [1.29, 1.82) is 0 Å². The standard InChI is InChI=1S/C29H32N4O4S/c1-18-14-23(38(35,36)32-29(3,4)5)8-9-24(18)28(34)33-12-13-37-27-11-7-20(15-22(27)17-33)21-6-10-25-26(16-21)31-19(2)30-25/h6-11,14-16,32H,12-13,17H2,1-5H3,(H,30,31). The van der Waals surface area contributed by atoms with Crippen molar-refractivity contribution in [3.63, 3.8) is 0 Å². The number of aromatic amines is 1. The van der Waals surface area contributed by atoms with E-state index in [1.807, 2.05) is 31.2 Å². The van der Waals surface area contributed by atoms with E-state index in [1.165, 1.54) is 6.07 Å². The number of nitrogens with one attached hydrogen (secondary N) is 2. The van der Waals surface area contributed by atoms with Gasteiger partial charge in [0.1, 0.15) is 18.2 Å². The van der Waals surface area contributed by atoms with E-state index in [0.717, 1.165) is 39.3 Å². The summed E-state index contributed by atoms with van der Waals surface area (Å²) in [6.07, 6.45) is 0. The topological polar surface area (TPSA) is 104 Å². The van der Waals surface area contributed by atoms with Crippen LogP contribution in [0.3, 0.4) is 0 Å². The van der Waals surface area contributed by atoms with Crippen molar-refractivity contribution in [1.82, 2.24) is 19.6 Å². The summed E-state index contributed by atoms with van der Waals surface area (Å²) in [5.41, 5.74) is 5.35. The Labute approximate surface area is 223 Å². The van der Waals surface area contributed by atoms with Gasteiger partial charge in [0, 0.05) is 23.2 Å². The molecule has 1 aromatic heterocycles. The van der Waals surface area contributed by atoms with E-state index in [-0.39, 0.29) is 10.8 Å². The van der Waals surface area contributed by atoms with Crippen LogP contribution < -0.4 is 9.46 Å². The molecule has 0 unspecified atom stereocenters. The van der Waals surface area contributed by atoms with Crippen molar-refractivity contribution in [2.45, 2.75) is 51.6 Å². The Morgan fingerprint density at radius 2 is 1.76 bits per heavy atom. The molecule has 1 aliphatic rings. The normalized spacial score (nSPS) is 14.2. The molecule has 0 atom stereocenters. The monoisotopic (exact) mass is 532 g/mol. The Morgan fingerprint density at radius 3 is 2.50 bits per heavy atom. The Balaban J connectivity index is 1.41. The van der Waals surface area contributed by atoms with Gasteiger partial charge in [-0.25, -0.2) is 18.1 Å². The third-order valence-electron chi connectivity index (χ3n) is 6.44. The van der Waals surface area contributed by atoms with E-state index < -0.39 is 15.6 Å². The van der Waals surface area contributed by atoms with Crippen molar-refractivity contribution >= 4 is 27.0 Å². The average Bonchev–Trinajstić information content (AvgIpc) is 3.07. The predicted octanol–water partition coefficient (Wildman–Crippen LogP) is 4.96. The first-order valence-electron chi connectivity index (χ1n) is 12.6. The highest BCUT2D eigenvalue weighted by molar-refractivity contribution is 7.89. The van der Waals surface area contributed by atoms with Gasteiger partial charge in [0.25, 0.3) is 5.91 Å². The summed E-state index contributed by atoms with van der Waals surface area (Å²) in [5, 5.41) is 0. The summed E-state index contributed by atoms with van der Waals surface area (Å²) in [6.45, 7) is 10.2. The van der Waals surface area contributed by atoms with Crippen molar-refractivity contribution in [2.75, 3.05) is 13.2 Å². The van der Waals surface area contributed by atoms with Crippen LogP contribution in [-0.4, -0.2) is 47.9 Å². The number of sulfonamides is 1. The zero-order valence-corrected chi connectivity index (χ0v) is 23.1. The molecule has 2 N–H and O–H groups in total. The van der Waals surface area contributed by atoms with Crippen molar-refractivity contribution in [3.05, 3.63) is 77.1 Å². The molecule has 5 rings (SSSR count). The summed E-state index contributed by atoms with van der Waals surface area (Å²) < 4.78 is 34.1. The molecule has 2 heterocycles. The minimum Gasteiger partial charge on any atom is -0.491 e. The van der Waals surface area contributed by atoms with Gasteiger partial charge in [-0.15, -0.1) is 0 Å². The van der Waals surface area contributed by atoms with E-state index >= 15 is 0 Å². The second kappa shape index (κ2) is 9.56. The van der Waals surface area contributed by atoms with Crippen LogP contribution in [0.25, 0.3) is 22.2 Å². The predicted molar refractivity (Wildman–Crippen MR) is 148 cm³/mol. The number of imidazole rings is 1. The summed E-state index contributed by atoms with van der Waals surface area (Å²) in [6, 6.07) is 16.8. The number of rotatable bonds is 4. The lowest BCUT2D eigenvalue weighted by atomic mass is 10.0. The number of aryl methyl sites for hydroxylation is 2. The quantitative estimate of drug-likeness (QED) is 0.387. The van der Waals surface area contributed by atoms with Gasteiger partial charge in [-0.05, 0) is 93.8 Å². The number of carbonyl (C=O) groups excluding carboxylic acids is 1. The molecule has 1 amide bonds. The first-order chi connectivity index (χ1) is 17.9. The summed E-state index contributed by atoms with van der Waals surface area (Å²) in [5.74, 6) is 1.47. The minimum atomic E-state index is -3.70. The van der Waals surface area contributed by atoms with Crippen molar-refractivity contribution < 1.29 is 17.9 Å². The number of fused-ring (bicyclic) bond motifs is 2. The highest BCUT2D eigenvalue weighted by atomic mass is 32.2. The molecule has 198 valence electrons. The third kappa shape index (κ3) is 5.30. The summed E-state index contributed by atoms with van der Waals surface area (Å²) >= 11 is 0. The number of nitrogens with zero attached hydrogens (tertiary/aromatic N) is 2. The Kier molecular flexibility index (Phi) is 6.53. The fourth-order valence-electron chi connectivity index (χ4n) is 4.74. The fraction of sp³-hybridized carbons (Fsp3) is 0.310. The SMILES string of the molecule is Cc1nc2ccc(-c3ccc4c(c3)CN(C(=O)c3ccc(S(=O)(=O)NC(C)(C)C)cc3C)CCO4)cc2[nH]1. The number of amides is 1. The molecule has 1 aliphatic heterocycles. The van der Waals surface area contributed by atoms with E-state index in [2.05, 4.69) is 26.8 Å². The zero-order chi connectivity index (χ0) is 27.2. The van der Waals surface area contributed by atoms with Gasteiger partial charge in [-0.2, -0.15) is 0 Å². The maximum atomic E-state index is 13.6. The van der Waals surface area contributed by atoms with Crippen LogP contribution >= 0.6 is 0 Å². The van der Waals surface area contributed by atoms with Gasteiger partial charge in [0.15, 0.2) is 0 Å². The first-order valence-corrected chi connectivity index (χ1v) is 14.0. The molecule has 9 heteroatoms. The van der Waals surface area contributed by atoms with E-state index in [0.29, 0.717) is 30.8 Å². The van der Waals surface area contributed by atoms with Gasteiger partial charge >= 0.3 is 0 Å². The summed E-state index contributed by atoms with van der Waals surface area (Å²) in [7, 11) is -3.70. The molecule has 0 saturated heterocycles. The smallest absolute Gasteiger partial charge is 0.254 e. The lowest BCUT2D eigenvalue weighted by Crippen LogP contribution is -2.40. The second-order valence-corrected chi connectivity index (χ2v) is 12.5. The van der Waals surface area contributed by atoms with Crippen LogP contribution in [0.5, 0.6) is 5.75 Å². The van der Waals surface area contributed by atoms with E-state index in [9.17, 15) is 13.2 Å². The molecule has 3 aromatic carbocycles. The van der Waals surface area contributed by atoms with Gasteiger partial charge in [0.2, 0.25) is 10.0 Å². The second-order valence-electron chi connectivity index (χ2n) is 10.8. The Morgan fingerprint density at radius 1 is 1.03 bits per heavy atom. The van der Waals surface area contributed by atoms with Crippen molar-refractivity contribution in [2.24, 2.45) is 0 Å². The number of hydrogen-bond acceptors (Lipinski definition) is 5. The fourth-order valence-corrected chi connectivity index (χ4v) is 6.24. The Bertz CT molecular complexity index is 1650.